The van der Waals surface area contributed by atoms with E-state index >= 15 is 0 Å². The van der Waals surface area contributed by atoms with Crippen LogP contribution in [-0.4, -0.2) is 18.0 Å². The standard InChI is InChI=1S/C26H24Cl3N3O3/c1-16-3-4-17(2)23(11-16)31-25(33)9-10-26(34)32-30-14-19-12-20(27)7-8-24(19)35-15-18-5-6-21(28)13-22(18)29/h3-8,11-14H,9-10,15H2,1-2H3,(H,31,33)(H,32,34). The molecule has 0 unspecified atom stereocenters. The predicted octanol–water partition coefficient (Wildman–Crippen LogP) is 6.71. The Morgan fingerprint density at radius 3 is 2.40 bits per heavy atom. The van der Waals surface area contributed by atoms with Crippen LogP contribution in [0.25, 0.3) is 0 Å². The van der Waals surface area contributed by atoms with Crippen LogP contribution in [0.15, 0.2) is 59.7 Å². The second kappa shape index (κ2) is 12.6. The molecule has 182 valence electrons. The maximum atomic E-state index is 12.2. The molecular formula is C26H24Cl3N3O3. The van der Waals surface area contributed by atoms with Gasteiger partial charge < -0.3 is 10.1 Å². The van der Waals surface area contributed by atoms with Crippen LogP contribution in [0.4, 0.5) is 5.69 Å². The molecule has 0 saturated heterocycles. The molecule has 3 rings (SSSR count). The van der Waals surface area contributed by atoms with Crippen molar-refractivity contribution in [3.05, 3.63) is 91.9 Å². The highest BCUT2D eigenvalue weighted by Gasteiger charge is 2.10. The SMILES string of the molecule is Cc1ccc(C)c(NC(=O)CCC(=O)NN=Cc2cc(Cl)ccc2OCc2ccc(Cl)cc2Cl)c1. The summed E-state index contributed by atoms with van der Waals surface area (Å²) in [6, 6.07) is 16.0. The summed E-state index contributed by atoms with van der Waals surface area (Å²) < 4.78 is 5.87. The summed E-state index contributed by atoms with van der Waals surface area (Å²) in [7, 11) is 0. The Morgan fingerprint density at radius 1 is 0.914 bits per heavy atom. The molecule has 0 aliphatic heterocycles. The van der Waals surface area contributed by atoms with Gasteiger partial charge in [0, 0.05) is 44.7 Å². The fourth-order valence-electron chi connectivity index (χ4n) is 3.09. The molecule has 0 spiro atoms. The summed E-state index contributed by atoms with van der Waals surface area (Å²) in [4.78, 5) is 24.4. The lowest BCUT2D eigenvalue weighted by Crippen LogP contribution is -2.21. The summed E-state index contributed by atoms with van der Waals surface area (Å²) >= 11 is 18.2. The van der Waals surface area contributed by atoms with Crippen molar-refractivity contribution in [3.8, 4) is 5.75 Å². The number of aryl methyl sites for hydroxylation is 2. The Balaban J connectivity index is 1.53. The van der Waals surface area contributed by atoms with Crippen LogP contribution in [0.3, 0.4) is 0 Å². The van der Waals surface area contributed by atoms with Gasteiger partial charge >= 0.3 is 0 Å². The number of anilines is 1. The van der Waals surface area contributed by atoms with Gasteiger partial charge in [-0.25, -0.2) is 5.43 Å². The minimum absolute atomic E-state index is 0.0119. The molecule has 0 radical (unpaired) electrons. The third kappa shape index (κ3) is 8.28. The van der Waals surface area contributed by atoms with E-state index in [1.165, 1.54) is 6.21 Å². The first-order valence-electron chi connectivity index (χ1n) is 10.8. The molecule has 0 heterocycles. The first-order chi connectivity index (χ1) is 16.7. The second-order valence-electron chi connectivity index (χ2n) is 7.87. The van der Waals surface area contributed by atoms with Crippen molar-refractivity contribution in [3.63, 3.8) is 0 Å². The average Bonchev–Trinajstić information content (AvgIpc) is 2.80. The number of benzene rings is 3. The van der Waals surface area contributed by atoms with Crippen LogP contribution in [0, 0.1) is 13.8 Å². The molecule has 0 aliphatic carbocycles. The van der Waals surface area contributed by atoms with Crippen LogP contribution in [0.5, 0.6) is 5.75 Å². The van der Waals surface area contributed by atoms with Crippen LogP contribution < -0.4 is 15.5 Å². The number of hydrogen-bond acceptors (Lipinski definition) is 4. The van der Waals surface area contributed by atoms with Crippen LogP contribution >= 0.6 is 34.8 Å². The molecule has 2 N–H and O–H groups in total. The summed E-state index contributed by atoms with van der Waals surface area (Å²) in [6.45, 7) is 4.07. The zero-order valence-corrected chi connectivity index (χ0v) is 21.5. The van der Waals surface area contributed by atoms with Gasteiger partial charge in [0.1, 0.15) is 12.4 Å². The molecule has 0 saturated carbocycles. The number of nitrogens with one attached hydrogen (secondary N) is 2. The zero-order valence-electron chi connectivity index (χ0n) is 19.2. The van der Waals surface area contributed by atoms with Crippen molar-refractivity contribution in [2.75, 3.05) is 5.32 Å². The van der Waals surface area contributed by atoms with Gasteiger partial charge in [-0.3, -0.25) is 9.59 Å². The zero-order chi connectivity index (χ0) is 25.4. The van der Waals surface area contributed by atoms with Crippen LogP contribution in [0.2, 0.25) is 15.1 Å². The number of halogens is 3. The van der Waals surface area contributed by atoms with Gasteiger partial charge in [-0.1, -0.05) is 53.0 Å². The quantitative estimate of drug-likeness (QED) is 0.237. The Kier molecular flexibility index (Phi) is 9.55. The molecule has 35 heavy (non-hydrogen) atoms. The molecule has 3 aromatic rings. The number of carbonyl (C=O) groups is 2. The lowest BCUT2D eigenvalue weighted by Gasteiger charge is -2.11. The smallest absolute Gasteiger partial charge is 0.240 e. The fraction of sp³-hybridized carbons (Fsp3) is 0.192. The second-order valence-corrected chi connectivity index (χ2v) is 9.15. The molecule has 3 aromatic carbocycles. The normalized spacial score (nSPS) is 10.9. The third-order valence-corrected chi connectivity index (χ3v) is 5.83. The highest BCUT2D eigenvalue weighted by atomic mass is 35.5. The van der Waals surface area contributed by atoms with Gasteiger partial charge in [-0.2, -0.15) is 5.10 Å². The van der Waals surface area contributed by atoms with E-state index in [1.54, 1.807) is 36.4 Å². The van der Waals surface area contributed by atoms with Crippen molar-refractivity contribution in [2.24, 2.45) is 5.10 Å². The Morgan fingerprint density at radius 2 is 1.63 bits per heavy atom. The molecule has 2 amide bonds. The largest absolute Gasteiger partial charge is 0.488 e. The summed E-state index contributed by atoms with van der Waals surface area (Å²) in [5.74, 6) is -0.134. The van der Waals surface area contributed by atoms with E-state index in [9.17, 15) is 9.59 Å². The van der Waals surface area contributed by atoms with Gasteiger partial charge in [-0.05, 0) is 61.4 Å². The minimum atomic E-state index is -0.394. The van der Waals surface area contributed by atoms with E-state index in [1.807, 2.05) is 32.0 Å². The van der Waals surface area contributed by atoms with Gasteiger partial charge in [-0.15, -0.1) is 0 Å². The molecule has 0 fully saturated rings. The minimum Gasteiger partial charge on any atom is -0.488 e. The Hall–Kier alpha value is -3.06. The monoisotopic (exact) mass is 531 g/mol. The molecule has 0 atom stereocenters. The van der Waals surface area contributed by atoms with E-state index in [-0.39, 0.29) is 25.4 Å². The number of nitrogens with zero attached hydrogens (tertiary/aromatic N) is 1. The lowest BCUT2D eigenvalue weighted by molar-refractivity contribution is -0.124. The van der Waals surface area contributed by atoms with Crippen molar-refractivity contribution >= 4 is 58.5 Å². The first-order valence-corrected chi connectivity index (χ1v) is 11.9. The summed E-state index contributed by atoms with van der Waals surface area (Å²) in [5.41, 5.74) is 6.49. The molecule has 0 aromatic heterocycles. The maximum Gasteiger partial charge on any atom is 0.240 e. The van der Waals surface area contributed by atoms with E-state index in [0.717, 1.165) is 22.4 Å². The highest BCUT2D eigenvalue weighted by Crippen LogP contribution is 2.25. The maximum absolute atomic E-state index is 12.2. The first kappa shape index (κ1) is 26.5. The van der Waals surface area contributed by atoms with E-state index in [4.69, 9.17) is 39.5 Å². The molecule has 9 heteroatoms. The van der Waals surface area contributed by atoms with Crippen molar-refractivity contribution in [1.29, 1.82) is 0 Å². The molecule has 0 bridgehead atoms. The molecule has 6 nitrogen and oxygen atoms in total. The fourth-order valence-corrected chi connectivity index (χ4v) is 3.73. The van der Waals surface area contributed by atoms with Gasteiger partial charge in [0.05, 0.1) is 6.21 Å². The van der Waals surface area contributed by atoms with E-state index in [2.05, 4.69) is 15.8 Å². The van der Waals surface area contributed by atoms with E-state index in [0.29, 0.717) is 26.4 Å². The van der Waals surface area contributed by atoms with Crippen molar-refractivity contribution in [2.45, 2.75) is 33.3 Å². The van der Waals surface area contributed by atoms with Crippen LogP contribution in [0.1, 0.15) is 35.1 Å². The number of rotatable bonds is 9. The van der Waals surface area contributed by atoms with Crippen molar-refractivity contribution in [1.82, 2.24) is 5.43 Å². The Bertz CT molecular complexity index is 1260. The number of hydrogen-bond donors (Lipinski definition) is 2. The van der Waals surface area contributed by atoms with Gasteiger partial charge in [0.2, 0.25) is 11.8 Å². The van der Waals surface area contributed by atoms with Crippen molar-refractivity contribution < 1.29 is 14.3 Å². The average molecular weight is 533 g/mol. The lowest BCUT2D eigenvalue weighted by atomic mass is 10.1. The topological polar surface area (TPSA) is 79.8 Å². The summed E-state index contributed by atoms with van der Waals surface area (Å²) in [6.07, 6.45) is 1.45. The third-order valence-electron chi connectivity index (χ3n) is 5.01. The predicted molar refractivity (Wildman–Crippen MR) is 142 cm³/mol. The van der Waals surface area contributed by atoms with E-state index < -0.39 is 5.91 Å². The van der Waals surface area contributed by atoms with Gasteiger partial charge in [0.25, 0.3) is 0 Å². The Labute approximate surface area is 219 Å². The highest BCUT2D eigenvalue weighted by molar-refractivity contribution is 6.35. The summed E-state index contributed by atoms with van der Waals surface area (Å²) in [5, 5.41) is 8.33. The number of amides is 2. The molecular weight excluding hydrogens is 509 g/mol. The van der Waals surface area contributed by atoms with Crippen LogP contribution in [-0.2, 0) is 16.2 Å². The number of hydrazone groups is 1. The van der Waals surface area contributed by atoms with Gasteiger partial charge in [0.15, 0.2) is 0 Å². The number of ether oxygens (including phenoxy) is 1. The number of carbonyl (C=O) groups excluding carboxylic acids is 2. The molecule has 0 aliphatic rings.